The Balaban J connectivity index is 2.04. The molecule has 0 aliphatic rings. The lowest BCUT2D eigenvalue weighted by Crippen LogP contribution is -2.14. The number of aromatic amines is 1. The Morgan fingerprint density at radius 1 is 1.37 bits per heavy atom. The van der Waals surface area contributed by atoms with Crippen molar-refractivity contribution in [3.05, 3.63) is 38.8 Å². The Morgan fingerprint density at radius 3 is 3.00 bits per heavy atom. The summed E-state index contributed by atoms with van der Waals surface area (Å²) in [6.45, 7) is 0. The summed E-state index contributed by atoms with van der Waals surface area (Å²) in [6.07, 6.45) is 0. The smallest absolute Gasteiger partial charge is 0.292 e. The molecule has 3 rings (SSSR count). The topological polar surface area (TPSA) is 96.7 Å². The van der Waals surface area contributed by atoms with Crippen LogP contribution in [0.3, 0.4) is 0 Å². The van der Waals surface area contributed by atoms with Gasteiger partial charge in [0.05, 0.1) is 5.69 Å². The summed E-state index contributed by atoms with van der Waals surface area (Å²) in [4.78, 5) is 18.0. The first-order chi connectivity index (χ1) is 9.13. The van der Waals surface area contributed by atoms with E-state index in [1.807, 2.05) is 0 Å². The van der Waals surface area contributed by atoms with Crippen LogP contribution in [0.2, 0.25) is 0 Å². The summed E-state index contributed by atoms with van der Waals surface area (Å²) in [5.74, 6) is -0.613. The largest absolute Gasteiger partial charge is 0.333 e. The molecule has 0 atom stereocenters. The van der Waals surface area contributed by atoms with Crippen molar-refractivity contribution >= 4 is 38.7 Å². The van der Waals surface area contributed by atoms with Crippen LogP contribution in [0.15, 0.2) is 32.1 Å². The van der Waals surface area contributed by atoms with Gasteiger partial charge < -0.3 is 5.32 Å². The molecule has 1 aromatic carbocycles. The summed E-state index contributed by atoms with van der Waals surface area (Å²) in [5.41, 5.74) is -0.172. The fourth-order valence-electron chi connectivity index (χ4n) is 1.46. The quantitative estimate of drug-likeness (QED) is 0.747. The van der Waals surface area contributed by atoms with Gasteiger partial charge in [0, 0.05) is 4.47 Å². The number of aromatic nitrogens is 4. The summed E-state index contributed by atoms with van der Waals surface area (Å²) in [5, 5.41) is 9.52. The van der Waals surface area contributed by atoms with Crippen molar-refractivity contribution in [2.24, 2.45) is 0 Å². The molecule has 96 valence electrons. The predicted octanol–water partition coefficient (Wildman–Crippen LogP) is 1.95. The Hall–Kier alpha value is -2.29. The van der Waals surface area contributed by atoms with Gasteiger partial charge in [-0.05, 0) is 28.5 Å². The van der Waals surface area contributed by atoms with Crippen molar-refractivity contribution in [2.75, 3.05) is 5.32 Å². The van der Waals surface area contributed by atoms with Crippen molar-refractivity contribution in [3.8, 4) is 0 Å². The van der Waals surface area contributed by atoms with Crippen LogP contribution in [-0.2, 0) is 0 Å². The van der Waals surface area contributed by atoms with Crippen LogP contribution in [0, 0.1) is 5.82 Å². The second-order valence-corrected chi connectivity index (χ2v) is 4.52. The van der Waals surface area contributed by atoms with Crippen molar-refractivity contribution < 1.29 is 9.02 Å². The molecule has 2 heterocycles. The molecule has 7 nitrogen and oxygen atoms in total. The number of nitrogens with one attached hydrogen (secondary N) is 2. The Labute approximate surface area is 112 Å². The number of hydrogen-bond acceptors (Lipinski definition) is 6. The van der Waals surface area contributed by atoms with Gasteiger partial charge in [-0.3, -0.25) is 9.78 Å². The van der Waals surface area contributed by atoms with Gasteiger partial charge in [-0.25, -0.2) is 9.02 Å². The van der Waals surface area contributed by atoms with Crippen LogP contribution in [-0.4, -0.2) is 20.3 Å². The van der Waals surface area contributed by atoms with Crippen LogP contribution < -0.4 is 10.9 Å². The highest BCUT2D eigenvalue weighted by molar-refractivity contribution is 9.10. The zero-order valence-corrected chi connectivity index (χ0v) is 10.7. The molecule has 3 aromatic rings. The lowest BCUT2D eigenvalue weighted by Gasteiger charge is -2.05. The fraction of sp³-hybridized carbons (Fsp3) is 0. The molecule has 0 spiro atoms. The van der Waals surface area contributed by atoms with Crippen molar-refractivity contribution in [1.82, 2.24) is 20.3 Å². The second-order valence-electron chi connectivity index (χ2n) is 3.60. The number of fused-ring (bicyclic) bond motifs is 1. The predicted molar refractivity (Wildman–Crippen MR) is 67.6 cm³/mol. The average molecular weight is 326 g/mol. The third kappa shape index (κ3) is 2.19. The lowest BCUT2D eigenvalue weighted by molar-refractivity contribution is 0.314. The molecule has 0 radical (unpaired) electrons. The van der Waals surface area contributed by atoms with Gasteiger partial charge >= 0.3 is 0 Å². The van der Waals surface area contributed by atoms with Crippen LogP contribution in [0.4, 0.5) is 15.9 Å². The van der Waals surface area contributed by atoms with Crippen molar-refractivity contribution in [2.45, 2.75) is 0 Å². The van der Waals surface area contributed by atoms with E-state index in [9.17, 15) is 9.18 Å². The molecule has 0 unspecified atom stereocenters. The standard InChI is InChI=1S/C10H5BrFN5O2/c11-4-1-2-6(5(12)3-4)13-9-10(18)15-8-7(14-9)16-19-17-8/h1-3H,(H,13,14,16)(H,15,17,18). The highest BCUT2D eigenvalue weighted by Crippen LogP contribution is 2.21. The maximum Gasteiger partial charge on any atom is 0.292 e. The van der Waals surface area contributed by atoms with Crippen LogP contribution in [0.5, 0.6) is 0 Å². The molecule has 0 fully saturated rings. The minimum absolute atomic E-state index is 0.0931. The van der Waals surface area contributed by atoms with E-state index in [1.54, 1.807) is 6.07 Å². The maximum absolute atomic E-state index is 13.6. The SMILES string of the molecule is O=c1[nH]c2nonc2nc1Nc1ccc(Br)cc1F. The first kappa shape index (κ1) is 11.8. The number of H-pyrrole nitrogens is 1. The number of anilines is 2. The van der Waals surface area contributed by atoms with E-state index >= 15 is 0 Å². The third-order valence-corrected chi connectivity index (χ3v) is 2.81. The molecular formula is C10H5BrFN5O2. The van der Waals surface area contributed by atoms with Gasteiger partial charge in [-0.15, -0.1) is 0 Å². The number of hydrogen-bond donors (Lipinski definition) is 2. The zero-order valence-electron chi connectivity index (χ0n) is 9.15. The monoisotopic (exact) mass is 325 g/mol. The van der Waals surface area contributed by atoms with Gasteiger partial charge in [0.1, 0.15) is 5.82 Å². The van der Waals surface area contributed by atoms with Gasteiger partial charge in [-0.2, -0.15) is 4.98 Å². The number of rotatable bonds is 2. The Bertz CT molecular complexity index is 815. The summed E-state index contributed by atoms with van der Waals surface area (Å²) < 4.78 is 18.7. The molecular weight excluding hydrogens is 321 g/mol. The molecule has 0 amide bonds. The third-order valence-electron chi connectivity index (χ3n) is 2.32. The number of halogens is 2. The summed E-state index contributed by atoms with van der Waals surface area (Å²) in [7, 11) is 0. The van der Waals surface area contributed by atoms with E-state index < -0.39 is 11.4 Å². The molecule has 2 N–H and O–H groups in total. The average Bonchev–Trinajstić information content (AvgIpc) is 2.80. The van der Waals surface area contributed by atoms with E-state index in [0.29, 0.717) is 4.47 Å². The van der Waals surface area contributed by atoms with E-state index in [1.165, 1.54) is 12.1 Å². The lowest BCUT2D eigenvalue weighted by atomic mass is 10.3. The molecule has 0 aliphatic carbocycles. The minimum Gasteiger partial charge on any atom is -0.333 e. The molecule has 9 heteroatoms. The van der Waals surface area contributed by atoms with Crippen molar-refractivity contribution in [3.63, 3.8) is 0 Å². The van der Waals surface area contributed by atoms with E-state index in [-0.39, 0.29) is 22.8 Å². The Morgan fingerprint density at radius 2 is 2.21 bits per heavy atom. The molecule has 19 heavy (non-hydrogen) atoms. The van der Waals surface area contributed by atoms with Crippen LogP contribution in [0.25, 0.3) is 11.3 Å². The van der Waals surface area contributed by atoms with Gasteiger partial charge in [0.15, 0.2) is 5.82 Å². The second kappa shape index (κ2) is 4.43. The molecule has 0 bridgehead atoms. The molecule has 0 saturated heterocycles. The zero-order chi connectivity index (χ0) is 13.4. The van der Waals surface area contributed by atoms with Gasteiger partial charge in [0.2, 0.25) is 11.3 Å². The van der Waals surface area contributed by atoms with Crippen LogP contribution in [0.1, 0.15) is 0 Å². The normalized spacial score (nSPS) is 10.8. The van der Waals surface area contributed by atoms with E-state index in [2.05, 4.69) is 46.2 Å². The van der Waals surface area contributed by atoms with Gasteiger partial charge in [-0.1, -0.05) is 15.9 Å². The van der Waals surface area contributed by atoms with E-state index in [4.69, 9.17) is 0 Å². The van der Waals surface area contributed by atoms with E-state index in [0.717, 1.165) is 0 Å². The van der Waals surface area contributed by atoms with Gasteiger partial charge in [0.25, 0.3) is 5.56 Å². The molecule has 2 aromatic heterocycles. The first-order valence-electron chi connectivity index (χ1n) is 5.08. The fourth-order valence-corrected chi connectivity index (χ4v) is 1.80. The summed E-state index contributed by atoms with van der Waals surface area (Å²) in [6, 6.07) is 4.38. The highest BCUT2D eigenvalue weighted by Gasteiger charge is 2.11. The minimum atomic E-state index is -0.550. The Kier molecular flexibility index (Phi) is 2.75. The molecule has 0 saturated carbocycles. The van der Waals surface area contributed by atoms with Crippen molar-refractivity contribution in [1.29, 1.82) is 0 Å². The number of nitrogens with zero attached hydrogens (tertiary/aromatic N) is 3. The molecule has 0 aliphatic heterocycles. The first-order valence-corrected chi connectivity index (χ1v) is 5.87. The summed E-state index contributed by atoms with van der Waals surface area (Å²) >= 11 is 3.14. The maximum atomic E-state index is 13.6. The van der Waals surface area contributed by atoms with Crippen LogP contribution >= 0.6 is 15.9 Å². The number of benzene rings is 1. The highest BCUT2D eigenvalue weighted by atomic mass is 79.9.